The topological polar surface area (TPSA) is 92.8 Å². The first-order valence-electron chi connectivity index (χ1n) is 10.6. The number of nitrogens with one attached hydrogen (secondary N) is 2. The maximum absolute atomic E-state index is 13.0. The summed E-state index contributed by atoms with van der Waals surface area (Å²) in [5.41, 5.74) is 4.06. The average molecular weight is 503 g/mol. The van der Waals surface area contributed by atoms with Crippen molar-refractivity contribution < 1.29 is 4.55 Å². The number of rotatable bonds is 3. The highest BCUT2D eigenvalue weighted by Crippen LogP contribution is 2.52. The number of aromatic nitrogens is 4. The third-order valence-corrected chi connectivity index (χ3v) is 8.47. The van der Waals surface area contributed by atoms with Crippen LogP contribution in [0.2, 0.25) is 0 Å². The zero-order valence-corrected chi connectivity index (χ0v) is 20.4. The van der Waals surface area contributed by atoms with E-state index >= 15 is 0 Å². The SMILES string of the molecule is CC(C)(C)[S@@+]([O-])N[C@@H]1c2ccccc2CC12CCN(c1nc3nc(Br)cnc3[nH]1)CC2. The van der Waals surface area contributed by atoms with E-state index in [2.05, 4.69) is 69.8 Å². The molecule has 1 spiro atoms. The molecule has 2 aliphatic rings. The Labute approximate surface area is 193 Å². The number of hydrogen-bond donors (Lipinski definition) is 2. The molecule has 1 aliphatic carbocycles. The van der Waals surface area contributed by atoms with Gasteiger partial charge >= 0.3 is 0 Å². The molecule has 2 aromatic heterocycles. The minimum atomic E-state index is -1.12. The quantitative estimate of drug-likeness (QED) is 0.524. The van der Waals surface area contributed by atoms with Crippen LogP contribution >= 0.6 is 15.9 Å². The molecule has 0 radical (unpaired) electrons. The molecule has 1 saturated heterocycles. The Morgan fingerprint density at radius 2 is 1.97 bits per heavy atom. The molecule has 1 aliphatic heterocycles. The van der Waals surface area contributed by atoms with Crippen molar-refractivity contribution in [3.8, 4) is 0 Å². The number of fused-ring (bicyclic) bond motifs is 2. The van der Waals surface area contributed by atoms with Crippen LogP contribution in [0, 0.1) is 5.41 Å². The Morgan fingerprint density at radius 3 is 2.71 bits per heavy atom. The van der Waals surface area contributed by atoms with Crippen molar-refractivity contribution in [2.75, 3.05) is 18.0 Å². The smallest absolute Gasteiger partial charge is 0.206 e. The Kier molecular flexibility index (Phi) is 5.28. The normalized spacial score (nSPS) is 21.6. The molecule has 2 atom stereocenters. The van der Waals surface area contributed by atoms with E-state index in [0.29, 0.717) is 15.9 Å². The molecule has 9 heteroatoms. The minimum Gasteiger partial charge on any atom is -0.598 e. The van der Waals surface area contributed by atoms with E-state index in [1.807, 2.05) is 20.8 Å². The first kappa shape index (κ1) is 21.2. The van der Waals surface area contributed by atoms with Gasteiger partial charge < -0.3 is 14.4 Å². The first-order valence-corrected chi connectivity index (χ1v) is 12.6. The summed E-state index contributed by atoms with van der Waals surface area (Å²) in [5.74, 6) is 0.821. The third-order valence-electron chi connectivity index (χ3n) is 6.53. The standard InChI is InChI=1S/C22H27BrN6OS/c1-21(2,3)31(30)28-17-15-7-5-4-6-14(15)12-22(17)8-10-29(11-9-22)20-26-18-19(27-20)25-16(23)13-24-18/h4-7,13,17,28H,8-12H2,1-3H3,(H,24,25,26,27)/t17-,31-/m1/s1. The van der Waals surface area contributed by atoms with Gasteiger partial charge in [-0.2, -0.15) is 4.98 Å². The lowest BCUT2D eigenvalue weighted by molar-refractivity contribution is 0.175. The van der Waals surface area contributed by atoms with Crippen LogP contribution in [0.5, 0.6) is 0 Å². The van der Waals surface area contributed by atoms with Crippen LogP contribution in [0.3, 0.4) is 0 Å². The number of hydrogen-bond acceptors (Lipinski definition) is 6. The lowest BCUT2D eigenvalue weighted by Crippen LogP contribution is -2.49. The van der Waals surface area contributed by atoms with Gasteiger partial charge in [0.05, 0.1) is 12.2 Å². The van der Waals surface area contributed by atoms with Crippen LogP contribution in [0.4, 0.5) is 5.95 Å². The van der Waals surface area contributed by atoms with E-state index in [-0.39, 0.29) is 16.2 Å². The summed E-state index contributed by atoms with van der Waals surface area (Å²) in [6.07, 6.45) is 4.70. The highest BCUT2D eigenvalue weighted by atomic mass is 79.9. The van der Waals surface area contributed by atoms with E-state index in [9.17, 15) is 4.55 Å². The summed E-state index contributed by atoms with van der Waals surface area (Å²) in [5, 5.41) is 0. The highest BCUT2D eigenvalue weighted by molar-refractivity contribution is 9.10. The highest BCUT2D eigenvalue weighted by Gasteiger charge is 2.50. The van der Waals surface area contributed by atoms with Gasteiger partial charge in [-0.05, 0) is 67.1 Å². The summed E-state index contributed by atoms with van der Waals surface area (Å²) >= 11 is 2.24. The van der Waals surface area contributed by atoms with E-state index in [1.54, 1.807) is 6.20 Å². The largest absolute Gasteiger partial charge is 0.598 e. The number of aromatic amines is 1. The van der Waals surface area contributed by atoms with E-state index in [4.69, 9.17) is 0 Å². The molecule has 0 unspecified atom stereocenters. The van der Waals surface area contributed by atoms with Gasteiger partial charge in [-0.1, -0.05) is 24.3 Å². The van der Waals surface area contributed by atoms with Gasteiger partial charge in [-0.25, -0.2) is 9.97 Å². The lowest BCUT2D eigenvalue weighted by atomic mass is 9.73. The molecule has 1 aromatic carbocycles. The van der Waals surface area contributed by atoms with Crippen molar-refractivity contribution in [1.29, 1.82) is 0 Å². The number of imidazole rings is 1. The maximum atomic E-state index is 13.0. The predicted octanol–water partition coefficient (Wildman–Crippen LogP) is 4.05. The zero-order chi connectivity index (χ0) is 21.8. The molecule has 3 heterocycles. The van der Waals surface area contributed by atoms with Gasteiger partial charge in [-0.3, -0.25) is 0 Å². The van der Waals surface area contributed by atoms with Crippen molar-refractivity contribution in [2.45, 2.75) is 50.8 Å². The van der Waals surface area contributed by atoms with Gasteiger partial charge in [0.15, 0.2) is 11.3 Å². The second kappa shape index (κ2) is 7.72. The molecule has 164 valence electrons. The number of piperidine rings is 1. The third kappa shape index (κ3) is 3.86. The van der Waals surface area contributed by atoms with Crippen LogP contribution in [0.25, 0.3) is 11.3 Å². The predicted molar refractivity (Wildman–Crippen MR) is 127 cm³/mol. The summed E-state index contributed by atoms with van der Waals surface area (Å²) in [7, 11) is 0. The van der Waals surface area contributed by atoms with Crippen molar-refractivity contribution in [2.24, 2.45) is 5.41 Å². The Morgan fingerprint density at radius 1 is 1.23 bits per heavy atom. The average Bonchev–Trinajstić information content (AvgIpc) is 3.27. The van der Waals surface area contributed by atoms with Gasteiger partial charge in [-0.15, -0.1) is 4.72 Å². The zero-order valence-electron chi connectivity index (χ0n) is 18.0. The van der Waals surface area contributed by atoms with Crippen molar-refractivity contribution in [1.82, 2.24) is 24.7 Å². The molecule has 3 aromatic rings. The Bertz CT molecular complexity index is 1100. The second-order valence-electron chi connectivity index (χ2n) is 9.58. The molecule has 2 N–H and O–H groups in total. The Hall–Kier alpha value is -1.68. The second-order valence-corrected chi connectivity index (χ2v) is 12.4. The summed E-state index contributed by atoms with van der Waals surface area (Å²) in [4.78, 5) is 19.0. The van der Waals surface area contributed by atoms with Crippen molar-refractivity contribution in [3.63, 3.8) is 0 Å². The number of halogens is 1. The number of nitrogens with zero attached hydrogens (tertiary/aromatic N) is 4. The minimum absolute atomic E-state index is 0.0621. The fourth-order valence-corrected chi connectivity index (χ4v) is 6.01. The van der Waals surface area contributed by atoms with Crippen molar-refractivity contribution in [3.05, 3.63) is 46.2 Å². The first-order chi connectivity index (χ1) is 14.7. The lowest BCUT2D eigenvalue weighted by Gasteiger charge is -2.43. The van der Waals surface area contributed by atoms with Crippen LogP contribution in [-0.4, -0.2) is 42.3 Å². The van der Waals surface area contributed by atoms with Gasteiger partial charge in [0.1, 0.15) is 9.35 Å². The molecule has 7 nitrogen and oxygen atoms in total. The molecule has 0 amide bonds. The number of anilines is 1. The van der Waals surface area contributed by atoms with Gasteiger partial charge in [0, 0.05) is 29.9 Å². The number of H-pyrrole nitrogens is 1. The van der Waals surface area contributed by atoms with Crippen LogP contribution in [0.1, 0.15) is 50.8 Å². The van der Waals surface area contributed by atoms with E-state index in [1.165, 1.54) is 11.1 Å². The maximum Gasteiger partial charge on any atom is 0.206 e. The molecule has 0 bridgehead atoms. The molecule has 5 rings (SSSR count). The fraction of sp³-hybridized carbons (Fsp3) is 0.500. The molecule has 0 saturated carbocycles. The van der Waals surface area contributed by atoms with E-state index < -0.39 is 11.4 Å². The Balaban J connectivity index is 1.39. The van der Waals surface area contributed by atoms with Crippen LogP contribution in [-0.2, 0) is 17.8 Å². The number of benzene rings is 1. The van der Waals surface area contributed by atoms with Gasteiger partial charge in [0.25, 0.3) is 0 Å². The summed E-state index contributed by atoms with van der Waals surface area (Å²) in [6.45, 7) is 7.83. The van der Waals surface area contributed by atoms with Gasteiger partial charge in [0.2, 0.25) is 5.95 Å². The monoisotopic (exact) mass is 502 g/mol. The molecule has 31 heavy (non-hydrogen) atoms. The molecular weight excluding hydrogens is 476 g/mol. The van der Waals surface area contributed by atoms with Crippen molar-refractivity contribution >= 4 is 44.5 Å². The summed E-state index contributed by atoms with van der Waals surface area (Å²) < 4.78 is 16.9. The van der Waals surface area contributed by atoms with E-state index in [0.717, 1.165) is 38.3 Å². The van der Waals surface area contributed by atoms with Crippen LogP contribution < -0.4 is 9.62 Å². The molecule has 1 fully saturated rings. The fourth-order valence-electron chi connectivity index (χ4n) is 4.80. The van der Waals surface area contributed by atoms with Crippen LogP contribution in [0.15, 0.2) is 35.1 Å². The molecular formula is C22H27BrN6OS. The summed E-state index contributed by atoms with van der Waals surface area (Å²) in [6, 6.07) is 8.72.